The quantitative estimate of drug-likeness (QED) is 0.106. The molecule has 5 atom stereocenters. The molecule has 0 spiro atoms. The van der Waals surface area contributed by atoms with Gasteiger partial charge in [0.25, 0.3) is 0 Å². The third-order valence-corrected chi connectivity index (χ3v) is 9.45. The summed E-state index contributed by atoms with van der Waals surface area (Å²) in [6, 6.07) is 54.7. The molecule has 6 nitrogen and oxygen atoms in total. The van der Waals surface area contributed by atoms with E-state index in [2.05, 4.69) is 71.0 Å². The molecule has 0 bridgehead atoms. The summed E-state index contributed by atoms with van der Waals surface area (Å²) in [5.41, 5.74) is 4.62. The number of aryl methyl sites for hydroxylation is 1. The summed E-state index contributed by atoms with van der Waals surface area (Å²) in [6.07, 6.45) is -0.497. The maximum atomic E-state index is 7.39. The van der Waals surface area contributed by atoms with Gasteiger partial charge in [0, 0.05) is 18.8 Å². The van der Waals surface area contributed by atoms with E-state index >= 15 is 0 Å². The van der Waals surface area contributed by atoms with E-state index in [0.29, 0.717) is 26.4 Å². The van der Waals surface area contributed by atoms with Crippen molar-refractivity contribution in [2.75, 3.05) is 6.61 Å². The van der Waals surface area contributed by atoms with Gasteiger partial charge in [-0.05, 0) is 46.5 Å². The number of ether oxygens (including phenoxy) is 5. The van der Waals surface area contributed by atoms with Crippen LogP contribution in [-0.4, -0.2) is 35.6 Å². The lowest BCUT2D eigenvalue weighted by molar-refractivity contribution is -0.298. The zero-order chi connectivity index (χ0) is 36.1. The van der Waals surface area contributed by atoms with Crippen LogP contribution in [0.15, 0.2) is 170 Å². The molecule has 6 aromatic rings. The molecule has 0 amide bonds. The molecule has 0 saturated carbocycles. The Morgan fingerprint density at radius 2 is 1.02 bits per heavy atom. The van der Waals surface area contributed by atoms with Gasteiger partial charge in [-0.15, -0.1) is 0 Å². The van der Waals surface area contributed by atoms with Crippen molar-refractivity contribution in [2.24, 2.45) is 7.05 Å². The Labute approximate surface area is 312 Å². The van der Waals surface area contributed by atoms with Crippen LogP contribution in [0.2, 0.25) is 0 Å². The molecule has 6 heteroatoms. The third kappa shape index (κ3) is 9.22. The largest absolute Gasteiger partial charge is 0.374 e. The molecule has 1 aliphatic heterocycles. The molecule has 0 unspecified atom stereocenters. The van der Waals surface area contributed by atoms with Gasteiger partial charge in [0.2, 0.25) is 0 Å². The fourth-order valence-corrected chi connectivity index (χ4v) is 6.78. The summed E-state index contributed by atoms with van der Waals surface area (Å²) in [5.74, 6) is 7.10. The van der Waals surface area contributed by atoms with Crippen molar-refractivity contribution >= 4 is 0 Å². The summed E-state index contributed by atoms with van der Waals surface area (Å²) < 4.78 is 36.9. The number of hydrogen-bond donors (Lipinski definition) is 0. The summed E-state index contributed by atoms with van der Waals surface area (Å²) in [5, 5.41) is 0. The molecule has 1 saturated heterocycles. The standard InChI is InChI=1S/C47H45NO5/c1-48-31-17-28-43(48)47(30-29-37-18-7-2-8-19-37)46(52-35-41-26-15-6-16-27-41)45(51-34-40-24-13-5-14-25-40)44(50-33-39-22-11-4-12-23-39)42(53-47)36-49-32-38-20-9-3-10-21-38/h2-28,31,42,44-46H,32-36H2,1H3/t42-,44+,45+,46-,47-/m1/s1. The number of nitrogens with zero attached hydrogens (tertiary/aromatic N) is 1. The summed E-state index contributed by atoms with van der Waals surface area (Å²) >= 11 is 0. The Balaban J connectivity index is 1.35. The highest BCUT2D eigenvalue weighted by molar-refractivity contribution is 5.41. The minimum atomic E-state index is -1.28. The maximum Gasteiger partial charge on any atom is 0.198 e. The Kier molecular flexibility index (Phi) is 12.3. The fraction of sp³-hybridized carbons (Fsp3) is 0.234. The van der Waals surface area contributed by atoms with Crippen LogP contribution >= 0.6 is 0 Å². The number of hydrogen-bond acceptors (Lipinski definition) is 5. The van der Waals surface area contributed by atoms with Crippen molar-refractivity contribution in [3.8, 4) is 11.8 Å². The Morgan fingerprint density at radius 1 is 0.547 bits per heavy atom. The molecular formula is C47H45NO5. The van der Waals surface area contributed by atoms with Gasteiger partial charge in [-0.3, -0.25) is 0 Å². The SMILES string of the molecule is Cn1cccc1[C@@]1(C#Cc2ccccc2)O[C@H](COCc2ccccc2)[C@H](OCc2ccccc2)[C@H](OCc2ccccc2)[C@H]1OCc1ccccc1. The highest BCUT2D eigenvalue weighted by Crippen LogP contribution is 2.43. The van der Waals surface area contributed by atoms with Gasteiger partial charge in [-0.1, -0.05) is 151 Å². The minimum absolute atomic E-state index is 0.240. The molecule has 5 aromatic carbocycles. The lowest BCUT2D eigenvalue weighted by Crippen LogP contribution is -2.65. The first-order valence-electron chi connectivity index (χ1n) is 18.1. The Hall–Kier alpha value is -5.26. The van der Waals surface area contributed by atoms with Crippen LogP contribution in [0.3, 0.4) is 0 Å². The van der Waals surface area contributed by atoms with Crippen LogP contribution in [0, 0.1) is 11.8 Å². The summed E-state index contributed by atoms with van der Waals surface area (Å²) in [7, 11) is 2.01. The molecule has 0 aliphatic carbocycles. The number of aromatic nitrogens is 1. The van der Waals surface area contributed by atoms with Gasteiger partial charge in [-0.25, -0.2) is 0 Å². The average Bonchev–Trinajstić information content (AvgIpc) is 3.66. The summed E-state index contributed by atoms with van der Waals surface area (Å²) in [6.45, 7) is 1.68. The van der Waals surface area contributed by atoms with E-state index in [4.69, 9.17) is 23.7 Å². The van der Waals surface area contributed by atoms with Gasteiger partial charge >= 0.3 is 0 Å². The lowest BCUT2D eigenvalue weighted by atomic mass is 9.81. The van der Waals surface area contributed by atoms with E-state index in [1.165, 1.54) is 0 Å². The molecule has 1 fully saturated rings. The highest BCUT2D eigenvalue weighted by atomic mass is 16.6. The first kappa shape index (κ1) is 36.1. The van der Waals surface area contributed by atoms with Gasteiger partial charge in [-0.2, -0.15) is 0 Å². The minimum Gasteiger partial charge on any atom is -0.374 e. The van der Waals surface area contributed by atoms with E-state index < -0.39 is 30.0 Å². The van der Waals surface area contributed by atoms with Crippen LogP contribution in [0.4, 0.5) is 0 Å². The zero-order valence-corrected chi connectivity index (χ0v) is 30.0. The van der Waals surface area contributed by atoms with Crippen LogP contribution in [-0.2, 0) is 62.8 Å². The van der Waals surface area contributed by atoms with Gasteiger partial charge < -0.3 is 28.3 Å². The predicted octanol–water partition coefficient (Wildman–Crippen LogP) is 8.64. The van der Waals surface area contributed by atoms with Gasteiger partial charge in [0.05, 0.1) is 38.7 Å². The second kappa shape index (κ2) is 18.0. The average molecular weight is 704 g/mol. The topological polar surface area (TPSA) is 51.1 Å². The second-order valence-corrected chi connectivity index (χ2v) is 13.3. The molecule has 1 aliphatic rings. The maximum absolute atomic E-state index is 7.39. The van der Waals surface area contributed by atoms with Crippen LogP contribution < -0.4 is 0 Å². The molecule has 0 radical (unpaired) electrons. The van der Waals surface area contributed by atoms with E-state index in [1.807, 2.05) is 122 Å². The van der Waals surface area contributed by atoms with Crippen molar-refractivity contribution in [1.82, 2.24) is 4.57 Å². The van der Waals surface area contributed by atoms with Crippen LogP contribution in [0.25, 0.3) is 0 Å². The van der Waals surface area contributed by atoms with E-state index in [9.17, 15) is 0 Å². The highest BCUT2D eigenvalue weighted by Gasteiger charge is 2.58. The smallest absolute Gasteiger partial charge is 0.198 e. The monoisotopic (exact) mass is 703 g/mol. The molecular weight excluding hydrogens is 659 g/mol. The molecule has 7 rings (SSSR count). The molecule has 268 valence electrons. The number of rotatable bonds is 14. The predicted molar refractivity (Wildman–Crippen MR) is 206 cm³/mol. The van der Waals surface area contributed by atoms with Crippen molar-refractivity contribution in [3.05, 3.63) is 203 Å². The van der Waals surface area contributed by atoms with E-state index in [0.717, 1.165) is 33.5 Å². The lowest BCUT2D eigenvalue weighted by Gasteiger charge is -2.51. The Bertz CT molecular complexity index is 2030. The van der Waals surface area contributed by atoms with Crippen molar-refractivity contribution in [1.29, 1.82) is 0 Å². The van der Waals surface area contributed by atoms with Gasteiger partial charge in [0.15, 0.2) is 5.60 Å². The molecule has 53 heavy (non-hydrogen) atoms. The Morgan fingerprint density at radius 3 is 1.53 bits per heavy atom. The van der Waals surface area contributed by atoms with Crippen molar-refractivity contribution in [2.45, 2.75) is 56.4 Å². The van der Waals surface area contributed by atoms with E-state index in [1.54, 1.807) is 0 Å². The molecule has 1 aromatic heterocycles. The number of benzene rings is 5. The fourth-order valence-electron chi connectivity index (χ4n) is 6.78. The van der Waals surface area contributed by atoms with Gasteiger partial charge in [0.1, 0.15) is 24.4 Å². The summed E-state index contributed by atoms with van der Waals surface area (Å²) in [4.78, 5) is 0. The van der Waals surface area contributed by atoms with Crippen molar-refractivity contribution < 1.29 is 23.7 Å². The second-order valence-electron chi connectivity index (χ2n) is 13.3. The van der Waals surface area contributed by atoms with Crippen molar-refractivity contribution in [3.63, 3.8) is 0 Å². The molecule has 2 heterocycles. The zero-order valence-electron chi connectivity index (χ0n) is 30.0. The first-order chi connectivity index (χ1) is 26.2. The third-order valence-electron chi connectivity index (χ3n) is 9.45. The van der Waals surface area contributed by atoms with E-state index in [-0.39, 0.29) is 6.61 Å². The first-order valence-corrected chi connectivity index (χ1v) is 18.1. The van der Waals surface area contributed by atoms with Crippen LogP contribution in [0.1, 0.15) is 33.5 Å². The normalized spacial score (nSPS) is 21.1. The van der Waals surface area contributed by atoms with Crippen LogP contribution in [0.5, 0.6) is 0 Å². The molecule has 0 N–H and O–H groups in total.